The molecule has 2 aromatic carbocycles. The Balaban J connectivity index is 1.97. The van der Waals surface area contributed by atoms with E-state index in [0.29, 0.717) is 16.8 Å². The molecule has 0 fully saturated rings. The average molecular weight is 420 g/mol. The molecule has 0 saturated carbocycles. The van der Waals surface area contributed by atoms with E-state index in [2.05, 4.69) is 5.32 Å². The maximum atomic E-state index is 12.8. The Morgan fingerprint density at radius 2 is 1.79 bits per heavy atom. The Morgan fingerprint density at radius 3 is 2.41 bits per heavy atom. The van der Waals surface area contributed by atoms with Crippen LogP contribution in [0.1, 0.15) is 11.1 Å². The van der Waals surface area contributed by atoms with Gasteiger partial charge in [-0.15, -0.1) is 0 Å². The van der Waals surface area contributed by atoms with Crippen molar-refractivity contribution >= 4 is 33.7 Å². The van der Waals surface area contributed by atoms with Gasteiger partial charge in [-0.05, 0) is 48.4 Å². The molecule has 0 spiro atoms. The fourth-order valence-electron chi connectivity index (χ4n) is 2.22. The number of halogens is 1. The van der Waals surface area contributed by atoms with Gasteiger partial charge in [-0.3, -0.25) is 4.79 Å². The molecule has 0 aliphatic carbocycles. The number of sulfonamides is 1. The Labute approximate surface area is 168 Å². The van der Waals surface area contributed by atoms with Crippen molar-refractivity contribution in [3.05, 3.63) is 65.5 Å². The van der Waals surface area contributed by atoms with Gasteiger partial charge in [0.1, 0.15) is 5.82 Å². The monoisotopic (exact) mass is 420 g/mol. The van der Waals surface area contributed by atoms with Crippen LogP contribution in [-0.2, 0) is 24.3 Å². The SMILES string of the molecule is Cc1ccc(S(=O)(=O)N(C)C)cc1NC(=O)COC(=O)C=Cc1ccc(F)cc1. The summed E-state index contributed by atoms with van der Waals surface area (Å²) in [5, 5.41) is 2.53. The topological polar surface area (TPSA) is 92.8 Å². The molecule has 7 nitrogen and oxygen atoms in total. The number of amides is 1. The van der Waals surface area contributed by atoms with Crippen molar-refractivity contribution in [2.75, 3.05) is 26.0 Å². The van der Waals surface area contributed by atoms with Crippen LogP contribution in [0.15, 0.2) is 53.4 Å². The summed E-state index contributed by atoms with van der Waals surface area (Å²) in [5.74, 6) is -1.75. The van der Waals surface area contributed by atoms with Crippen LogP contribution in [0.25, 0.3) is 6.08 Å². The summed E-state index contributed by atoms with van der Waals surface area (Å²) in [6.07, 6.45) is 2.55. The molecule has 1 N–H and O–H groups in total. The lowest BCUT2D eigenvalue weighted by molar-refractivity contribution is -0.142. The van der Waals surface area contributed by atoms with Crippen LogP contribution in [-0.4, -0.2) is 45.3 Å². The molecule has 0 radical (unpaired) electrons. The number of nitrogens with zero attached hydrogens (tertiary/aromatic N) is 1. The number of rotatable bonds is 7. The fourth-order valence-corrected chi connectivity index (χ4v) is 3.14. The van der Waals surface area contributed by atoms with Crippen molar-refractivity contribution in [2.24, 2.45) is 0 Å². The molecule has 1 amide bonds. The van der Waals surface area contributed by atoms with Crippen LogP contribution >= 0.6 is 0 Å². The number of hydrogen-bond acceptors (Lipinski definition) is 5. The molecule has 0 atom stereocenters. The molecule has 0 heterocycles. The molecule has 0 saturated heterocycles. The normalized spacial score (nSPS) is 11.6. The second-order valence-corrected chi connectivity index (χ2v) is 8.46. The number of anilines is 1. The summed E-state index contributed by atoms with van der Waals surface area (Å²) in [5.41, 5.74) is 1.55. The number of ether oxygens (including phenoxy) is 1. The number of nitrogens with one attached hydrogen (secondary N) is 1. The number of hydrogen-bond donors (Lipinski definition) is 1. The van der Waals surface area contributed by atoms with Crippen molar-refractivity contribution in [3.8, 4) is 0 Å². The highest BCUT2D eigenvalue weighted by atomic mass is 32.2. The number of benzene rings is 2. The van der Waals surface area contributed by atoms with Gasteiger partial charge in [-0.1, -0.05) is 18.2 Å². The highest BCUT2D eigenvalue weighted by Gasteiger charge is 2.18. The number of carbonyl (C=O) groups is 2. The quantitative estimate of drug-likeness (QED) is 0.549. The van der Waals surface area contributed by atoms with Gasteiger partial charge in [0.25, 0.3) is 5.91 Å². The summed E-state index contributed by atoms with van der Waals surface area (Å²) in [4.78, 5) is 23.8. The van der Waals surface area contributed by atoms with E-state index in [-0.39, 0.29) is 10.7 Å². The van der Waals surface area contributed by atoms with Crippen molar-refractivity contribution in [2.45, 2.75) is 11.8 Å². The van der Waals surface area contributed by atoms with Crippen molar-refractivity contribution < 1.29 is 27.1 Å². The van der Waals surface area contributed by atoms with E-state index in [1.807, 2.05) is 0 Å². The maximum Gasteiger partial charge on any atom is 0.331 e. The lowest BCUT2D eigenvalue weighted by Crippen LogP contribution is -2.23. The lowest BCUT2D eigenvalue weighted by atomic mass is 10.2. The Hall–Kier alpha value is -3.04. The van der Waals surface area contributed by atoms with E-state index in [4.69, 9.17) is 4.74 Å². The molecule has 0 aliphatic heterocycles. The molecule has 2 aromatic rings. The van der Waals surface area contributed by atoms with Crippen LogP contribution in [0.2, 0.25) is 0 Å². The van der Waals surface area contributed by atoms with Crippen molar-refractivity contribution in [1.29, 1.82) is 0 Å². The zero-order valence-corrected chi connectivity index (χ0v) is 17.0. The second-order valence-electron chi connectivity index (χ2n) is 6.30. The van der Waals surface area contributed by atoms with E-state index >= 15 is 0 Å². The zero-order valence-electron chi connectivity index (χ0n) is 16.2. The largest absolute Gasteiger partial charge is 0.452 e. The average Bonchev–Trinajstić information content (AvgIpc) is 2.67. The number of carbonyl (C=O) groups excluding carboxylic acids is 2. The van der Waals surface area contributed by atoms with E-state index < -0.39 is 28.5 Å². The van der Waals surface area contributed by atoms with Gasteiger partial charge in [-0.2, -0.15) is 0 Å². The summed E-state index contributed by atoms with van der Waals surface area (Å²) in [6.45, 7) is 1.16. The van der Waals surface area contributed by atoms with E-state index in [9.17, 15) is 22.4 Å². The minimum Gasteiger partial charge on any atom is -0.452 e. The van der Waals surface area contributed by atoms with Crippen LogP contribution in [0, 0.1) is 12.7 Å². The van der Waals surface area contributed by atoms with Gasteiger partial charge < -0.3 is 10.1 Å². The van der Waals surface area contributed by atoms with Crippen molar-refractivity contribution in [1.82, 2.24) is 4.31 Å². The van der Waals surface area contributed by atoms with Gasteiger partial charge in [-0.25, -0.2) is 21.9 Å². The molecule has 0 unspecified atom stereocenters. The minimum atomic E-state index is -3.65. The Kier molecular flexibility index (Phi) is 7.24. The van der Waals surface area contributed by atoms with E-state index in [1.54, 1.807) is 13.0 Å². The first kappa shape index (κ1) is 22.3. The zero-order chi connectivity index (χ0) is 21.6. The second kappa shape index (κ2) is 9.44. The van der Waals surface area contributed by atoms with Gasteiger partial charge in [0.15, 0.2) is 6.61 Å². The van der Waals surface area contributed by atoms with Crippen LogP contribution in [0.3, 0.4) is 0 Å². The third-order valence-corrected chi connectivity index (χ3v) is 5.70. The molecule has 0 aliphatic rings. The standard InChI is InChI=1S/C20H21FN2O5S/c1-14-4-10-17(29(26,27)23(2)3)12-18(14)22-19(24)13-28-20(25)11-7-15-5-8-16(21)9-6-15/h4-12H,13H2,1-3H3,(H,22,24). The summed E-state index contributed by atoms with van der Waals surface area (Å²) in [6, 6.07) is 9.85. The third kappa shape index (κ3) is 6.23. The van der Waals surface area contributed by atoms with Gasteiger partial charge >= 0.3 is 5.97 Å². The first-order valence-corrected chi connectivity index (χ1v) is 9.97. The molecular weight excluding hydrogens is 399 g/mol. The highest BCUT2D eigenvalue weighted by Crippen LogP contribution is 2.22. The van der Waals surface area contributed by atoms with Crippen LogP contribution in [0.4, 0.5) is 10.1 Å². The molecule has 29 heavy (non-hydrogen) atoms. The van der Waals surface area contributed by atoms with E-state index in [0.717, 1.165) is 10.4 Å². The summed E-state index contributed by atoms with van der Waals surface area (Å²) < 4.78 is 43.2. The summed E-state index contributed by atoms with van der Waals surface area (Å²) in [7, 11) is -0.832. The predicted molar refractivity (Wildman–Crippen MR) is 107 cm³/mol. The number of esters is 1. The minimum absolute atomic E-state index is 0.0302. The summed E-state index contributed by atoms with van der Waals surface area (Å²) >= 11 is 0. The lowest BCUT2D eigenvalue weighted by Gasteiger charge is -2.14. The fraction of sp³-hybridized carbons (Fsp3) is 0.200. The van der Waals surface area contributed by atoms with Gasteiger partial charge in [0, 0.05) is 25.9 Å². The Morgan fingerprint density at radius 1 is 1.14 bits per heavy atom. The molecular formula is C20H21FN2O5S. The molecule has 9 heteroatoms. The van der Waals surface area contributed by atoms with E-state index in [1.165, 1.54) is 56.6 Å². The highest BCUT2D eigenvalue weighted by molar-refractivity contribution is 7.89. The molecule has 154 valence electrons. The predicted octanol–water partition coefficient (Wildman–Crippen LogP) is 2.58. The molecule has 0 bridgehead atoms. The molecule has 0 aromatic heterocycles. The van der Waals surface area contributed by atoms with Gasteiger partial charge in [0.2, 0.25) is 10.0 Å². The Bertz CT molecular complexity index is 1030. The first-order chi connectivity index (χ1) is 13.6. The first-order valence-electron chi connectivity index (χ1n) is 8.53. The third-order valence-electron chi connectivity index (χ3n) is 3.89. The van der Waals surface area contributed by atoms with Crippen LogP contribution < -0.4 is 5.32 Å². The molecule has 2 rings (SSSR count). The van der Waals surface area contributed by atoms with Gasteiger partial charge in [0.05, 0.1) is 4.90 Å². The van der Waals surface area contributed by atoms with Crippen molar-refractivity contribution in [3.63, 3.8) is 0 Å². The maximum absolute atomic E-state index is 12.8. The number of aryl methyl sites for hydroxylation is 1. The van der Waals surface area contributed by atoms with Crippen LogP contribution in [0.5, 0.6) is 0 Å². The smallest absolute Gasteiger partial charge is 0.331 e.